The Morgan fingerprint density at radius 3 is 2.81 bits per heavy atom. The van der Waals surface area contributed by atoms with Crippen LogP contribution in [-0.2, 0) is 0 Å². The minimum Gasteiger partial charge on any atom is -0.370 e. The number of piperidine rings is 1. The van der Waals surface area contributed by atoms with Crippen LogP contribution in [0, 0.1) is 17.0 Å². The van der Waals surface area contributed by atoms with Crippen LogP contribution in [0.2, 0.25) is 5.02 Å². The number of halogens is 1. The summed E-state index contributed by atoms with van der Waals surface area (Å²) in [5, 5.41) is 14.7. The van der Waals surface area contributed by atoms with Crippen LogP contribution in [-0.4, -0.2) is 30.6 Å². The summed E-state index contributed by atoms with van der Waals surface area (Å²) in [7, 11) is 0. The Hall–Kier alpha value is -1.33. The highest BCUT2D eigenvalue weighted by atomic mass is 35.5. The van der Waals surface area contributed by atoms with Crippen LogP contribution in [0.5, 0.6) is 0 Å². The molecule has 0 aliphatic carbocycles. The summed E-state index contributed by atoms with van der Waals surface area (Å²) in [6, 6.07) is 3.77. The summed E-state index contributed by atoms with van der Waals surface area (Å²) >= 11 is 6.06. The van der Waals surface area contributed by atoms with Gasteiger partial charge in [0, 0.05) is 30.9 Å². The summed E-state index contributed by atoms with van der Waals surface area (Å²) < 4.78 is 0. The molecule has 1 saturated heterocycles. The minimum atomic E-state index is -0.432. The van der Waals surface area contributed by atoms with Crippen LogP contribution >= 0.6 is 11.6 Å². The van der Waals surface area contributed by atoms with Crippen LogP contribution < -0.4 is 10.2 Å². The number of rotatable bonds is 5. The van der Waals surface area contributed by atoms with E-state index in [0.29, 0.717) is 6.04 Å². The molecule has 1 aliphatic rings. The molecule has 1 aromatic carbocycles. The van der Waals surface area contributed by atoms with E-state index in [-0.39, 0.29) is 10.7 Å². The van der Waals surface area contributed by atoms with Crippen molar-refractivity contribution in [3.63, 3.8) is 0 Å². The molecule has 0 saturated carbocycles. The summed E-state index contributed by atoms with van der Waals surface area (Å²) in [4.78, 5) is 12.8. The van der Waals surface area contributed by atoms with Gasteiger partial charge >= 0.3 is 0 Å². The van der Waals surface area contributed by atoms with E-state index in [4.69, 9.17) is 11.6 Å². The van der Waals surface area contributed by atoms with E-state index >= 15 is 0 Å². The van der Waals surface area contributed by atoms with E-state index in [0.717, 1.165) is 30.9 Å². The Morgan fingerprint density at radius 2 is 2.24 bits per heavy atom. The van der Waals surface area contributed by atoms with Gasteiger partial charge in [-0.05, 0) is 44.9 Å². The number of hydrogen-bond acceptors (Lipinski definition) is 4. The Labute approximate surface area is 130 Å². The molecule has 0 radical (unpaired) electrons. The van der Waals surface area contributed by atoms with Crippen molar-refractivity contribution in [2.45, 2.75) is 39.2 Å². The largest absolute Gasteiger partial charge is 0.370 e. The number of nitro benzene ring substituents is 1. The van der Waals surface area contributed by atoms with Gasteiger partial charge in [0.25, 0.3) is 5.69 Å². The summed E-state index contributed by atoms with van der Waals surface area (Å²) in [5.41, 5.74) is 1.86. The van der Waals surface area contributed by atoms with Crippen molar-refractivity contribution in [3.05, 3.63) is 32.8 Å². The van der Waals surface area contributed by atoms with Crippen LogP contribution in [0.1, 0.15) is 31.7 Å². The van der Waals surface area contributed by atoms with Gasteiger partial charge in [0.05, 0.1) is 4.92 Å². The van der Waals surface area contributed by atoms with Gasteiger partial charge in [0.2, 0.25) is 0 Å². The lowest BCUT2D eigenvalue weighted by Gasteiger charge is -2.32. The number of nitro groups is 1. The molecule has 0 amide bonds. The Bertz CT molecular complexity index is 516. The first-order valence-corrected chi connectivity index (χ1v) is 7.83. The lowest BCUT2D eigenvalue weighted by Crippen LogP contribution is -2.44. The number of benzene rings is 1. The molecule has 0 aromatic heterocycles. The minimum absolute atomic E-state index is 0.0234. The smallest absolute Gasteiger partial charge is 0.288 e. The van der Waals surface area contributed by atoms with Crippen molar-refractivity contribution in [3.8, 4) is 0 Å². The normalized spacial score (nSPS) is 18.5. The third kappa shape index (κ3) is 3.86. The predicted molar refractivity (Wildman–Crippen MR) is 86.4 cm³/mol. The summed E-state index contributed by atoms with van der Waals surface area (Å²) in [6.45, 7) is 6.83. The summed E-state index contributed by atoms with van der Waals surface area (Å²) in [5.74, 6) is 0. The highest BCUT2D eigenvalue weighted by molar-refractivity contribution is 6.33. The van der Waals surface area contributed by atoms with Crippen molar-refractivity contribution in [2.75, 3.05) is 24.5 Å². The number of hydrogen-bond donors (Lipinski definition) is 1. The molecular weight excluding hydrogens is 290 g/mol. The van der Waals surface area contributed by atoms with Crippen molar-refractivity contribution in [1.82, 2.24) is 5.32 Å². The van der Waals surface area contributed by atoms with Crippen molar-refractivity contribution in [1.29, 1.82) is 0 Å². The first-order valence-electron chi connectivity index (χ1n) is 7.45. The molecule has 116 valence electrons. The highest BCUT2D eigenvalue weighted by Crippen LogP contribution is 2.32. The third-order valence-electron chi connectivity index (χ3n) is 4.04. The monoisotopic (exact) mass is 311 g/mol. The number of aryl methyl sites for hydroxylation is 1. The van der Waals surface area contributed by atoms with E-state index < -0.39 is 4.92 Å². The van der Waals surface area contributed by atoms with Crippen LogP contribution in [0.4, 0.5) is 11.4 Å². The maximum Gasteiger partial charge on any atom is 0.288 e. The topological polar surface area (TPSA) is 58.4 Å². The molecule has 6 heteroatoms. The van der Waals surface area contributed by atoms with Crippen molar-refractivity contribution in [2.24, 2.45) is 0 Å². The zero-order valence-corrected chi connectivity index (χ0v) is 13.3. The second-order valence-corrected chi connectivity index (χ2v) is 5.94. The van der Waals surface area contributed by atoms with Gasteiger partial charge in [-0.1, -0.05) is 18.0 Å². The fourth-order valence-corrected chi connectivity index (χ4v) is 3.11. The van der Waals surface area contributed by atoms with Gasteiger partial charge in [-0.2, -0.15) is 0 Å². The van der Waals surface area contributed by atoms with E-state index in [9.17, 15) is 10.1 Å². The van der Waals surface area contributed by atoms with Gasteiger partial charge in [-0.15, -0.1) is 0 Å². The van der Waals surface area contributed by atoms with Crippen molar-refractivity contribution < 1.29 is 4.92 Å². The molecule has 1 heterocycles. The molecular formula is C15H22ClN3O2. The van der Waals surface area contributed by atoms with Crippen LogP contribution in [0.3, 0.4) is 0 Å². The van der Waals surface area contributed by atoms with Gasteiger partial charge in [0.1, 0.15) is 5.02 Å². The average Bonchev–Trinajstić information content (AvgIpc) is 2.47. The second kappa shape index (κ2) is 7.09. The third-order valence-corrected chi connectivity index (χ3v) is 4.34. The molecule has 0 bridgehead atoms. The standard InChI is InChI=1S/C15H22ClN3O2/c1-3-18(10-12-6-4-5-7-17-12)14-9-13(16)15(19(20)21)8-11(14)2/h8-9,12,17H,3-7,10H2,1-2H3. The van der Waals surface area contributed by atoms with E-state index in [1.165, 1.54) is 19.3 Å². The first kappa shape index (κ1) is 16.0. The van der Waals surface area contributed by atoms with Crippen LogP contribution in [0.15, 0.2) is 12.1 Å². The number of likely N-dealkylation sites (N-methyl/N-ethyl adjacent to an activating group) is 1. The number of anilines is 1. The predicted octanol–water partition coefficient (Wildman–Crippen LogP) is 3.53. The Morgan fingerprint density at radius 1 is 1.48 bits per heavy atom. The van der Waals surface area contributed by atoms with E-state index in [1.54, 1.807) is 12.1 Å². The zero-order valence-electron chi connectivity index (χ0n) is 12.6. The second-order valence-electron chi connectivity index (χ2n) is 5.53. The SMILES string of the molecule is CCN(CC1CCCCN1)c1cc(Cl)c([N+](=O)[O-])cc1C. The fourth-order valence-electron chi connectivity index (χ4n) is 2.88. The lowest BCUT2D eigenvalue weighted by atomic mass is 10.0. The number of nitrogens with zero attached hydrogens (tertiary/aromatic N) is 2. The first-order chi connectivity index (χ1) is 10.0. The molecule has 1 N–H and O–H groups in total. The van der Waals surface area contributed by atoms with E-state index in [1.807, 2.05) is 6.92 Å². The molecule has 21 heavy (non-hydrogen) atoms. The van der Waals surface area contributed by atoms with Gasteiger partial charge in [0.15, 0.2) is 0 Å². The highest BCUT2D eigenvalue weighted by Gasteiger charge is 2.20. The molecule has 1 aromatic rings. The quantitative estimate of drug-likeness (QED) is 0.667. The Balaban J connectivity index is 2.21. The molecule has 0 spiro atoms. The van der Waals surface area contributed by atoms with Crippen LogP contribution in [0.25, 0.3) is 0 Å². The molecule has 5 nitrogen and oxygen atoms in total. The molecule has 1 atom stereocenters. The average molecular weight is 312 g/mol. The maximum absolute atomic E-state index is 10.9. The summed E-state index contributed by atoms with van der Waals surface area (Å²) in [6.07, 6.45) is 3.68. The zero-order chi connectivity index (χ0) is 15.4. The Kier molecular flexibility index (Phi) is 5.42. The van der Waals surface area contributed by atoms with Crippen molar-refractivity contribution >= 4 is 23.0 Å². The lowest BCUT2D eigenvalue weighted by molar-refractivity contribution is -0.384. The van der Waals surface area contributed by atoms with Gasteiger partial charge in [-0.25, -0.2) is 0 Å². The number of nitrogens with one attached hydrogen (secondary N) is 1. The van der Waals surface area contributed by atoms with Gasteiger partial charge < -0.3 is 10.2 Å². The fraction of sp³-hybridized carbons (Fsp3) is 0.600. The molecule has 1 fully saturated rings. The maximum atomic E-state index is 10.9. The molecule has 2 rings (SSSR count). The van der Waals surface area contributed by atoms with E-state index in [2.05, 4.69) is 17.1 Å². The molecule has 1 unspecified atom stereocenters. The molecule has 1 aliphatic heterocycles. The van der Waals surface area contributed by atoms with Gasteiger partial charge in [-0.3, -0.25) is 10.1 Å².